The summed E-state index contributed by atoms with van der Waals surface area (Å²) >= 11 is 0. The Morgan fingerprint density at radius 3 is 2.60 bits per heavy atom. The molecule has 0 aromatic heterocycles. The number of carbonyl (C=O) groups is 1. The minimum atomic E-state index is 0. The highest BCUT2D eigenvalue weighted by Crippen LogP contribution is 2.15. The van der Waals surface area contributed by atoms with Gasteiger partial charge in [-0.15, -0.1) is 12.4 Å². The Bertz CT molecular complexity index is 411. The summed E-state index contributed by atoms with van der Waals surface area (Å²) in [6.45, 7) is 7.31. The van der Waals surface area contributed by atoms with Crippen molar-refractivity contribution in [3.05, 3.63) is 35.4 Å². The zero-order valence-corrected chi connectivity index (χ0v) is 13.1. The second-order valence-electron chi connectivity index (χ2n) is 5.68. The minimum Gasteiger partial charge on any atom is -0.352 e. The quantitative estimate of drug-likeness (QED) is 0.877. The van der Waals surface area contributed by atoms with E-state index < -0.39 is 0 Å². The van der Waals surface area contributed by atoms with E-state index in [1.165, 1.54) is 12.0 Å². The van der Waals surface area contributed by atoms with Gasteiger partial charge in [-0.3, -0.25) is 4.79 Å². The van der Waals surface area contributed by atoms with Gasteiger partial charge in [0.25, 0.3) is 5.91 Å². The summed E-state index contributed by atoms with van der Waals surface area (Å²) in [6, 6.07) is 7.92. The highest BCUT2D eigenvalue weighted by Gasteiger charge is 2.14. The summed E-state index contributed by atoms with van der Waals surface area (Å²) in [4.78, 5) is 12.0. The van der Waals surface area contributed by atoms with Crippen molar-refractivity contribution in [2.24, 2.45) is 5.92 Å². The van der Waals surface area contributed by atoms with Crippen LogP contribution in [0.2, 0.25) is 0 Å². The predicted molar refractivity (Wildman–Crippen MR) is 85.7 cm³/mol. The van der Waals surface area contributed by atoms with E-state index in [-0.39, 0.29) is 18.3 Å². The molecule has 1 aliphatic heterocycles. The summed E-state index contributed by atoms with van der Waals surface area (Å²) in [5, 5.41) is 6.35. The average Bonchev–Trinajstić information content (AvgIpc) is 2.92. The second-order valence-corrected chi connectivity index (χ2v) is 5.68. The zero-order chi connectivity index (χ0) is 13.7. The second kappa shape index (κ2) is 8.28. The SMILES string of the molecule is CC(C)c1ccc(C(=O)NCCC2CCNC2)cc1.Cl. The van der Waals surface area contributed by atoms with E-state index in [0.29, 0.717) is 5.92 Å². The molecule has 1 aromatic rings. The van der Waals surface area contributed by atoms with Crippen LogP contribution in [0.4, 0.5) is 0 Å². The normalized spacial score (nSPS) is 17.9. The molecule has 1 amide bonds. The Morgan fingerprint density at radius 1 is 1.35 bits per heavy atom. The van der Waals surface area contributed by atoms with Crippen molar-refractivity contribution in [2.45, 2.75) is 32.6 Å². The van der Waals surface area contributed by atoms with Gasteiger partial charge in [-0.1, -0.05) is 26.0 Å². The van der Waals surface area contributed by atoms with Crippen LogP contribution in [0.15, 0.2) is 24.3 Å². The number of nitrogens with one attached hydrogen (secondary N) is 2. The standard InChI is InChI=1S/C16H24N2O.ClH/c1-12(2)14-3-5-15(6-4-14)16(19)18-10-8-13-7-9-17-11-13;/h3-6,12-13,17H,7-11H2,1-2H3,(H,18,19);1H. The van der Waals surface area contributed by atoms with Crippen LogP contribution >= 0.6 is 12.4 Å². The Morgan fingerprint density at radius 2 is 2.05 bits per heavy atom. The van der Waals surface area contributed by atoms with Crippen molar-refractivity contribution >= 4 is 18.3 Å². The average molecular weight is 297 g/mol. The first-order chi connectivity index (χ1) is 9.16. The topological polar surface area (TPSA) is 41.1 Å². The molecule has 112 valence electrons. The molecule has 1 aromatic carbocycles. The molecule has 0 bridgehead atoms. The van der Waals surface area contributed by atoms with Gasteiger partial charge in [0.1, 0.15) is 0 Å². The molecule has 0 aliphatic carbocycles. The van der Waals surface area contributed by atoms with Gasteiger partial charge in [-0.05, 0) is 55.5 Å². The van der Waals surface area contributed by atoms with Crippen molar-refractivity contribution in [2.75, 3.05) is 19.6 Å². The smallest absolute Gasteiger partial charge is 0.251 e. The van der Waals surface area contributed by atoms with Gasteiger partial charge >= 0.3 is 0 Å². The first-order valence-corrected chi connectivity index (χ1v) is 7.25. The van der Waals surface area contributed by atoms with Gasteiger partial charge in [-0.25, -0.2) is 0 Å². The van der Waals surface area contributed by atoms with Crippen LogP contribution < -0.4 is 10.6 Å². The summed E-state index contributed by atoms with van der Waals surface area (Å²) in [5.74, 6) is 1.27. The third-order valence-electron chi connectivity index (χ3n) is 3.84. The molecule has 0 radical (unpaired) electrons. The lowest BCUT2D eigenvalue weighted by atomic mass is 10.0. The van der Waals surface area contributed by atoms with Gasteiger partial charge in [-0.2, -0.15) is 0 Å². The third kappa shape index (κ3) is 4.80. The third-order valence-corrected chi connectivity index (χ3v) is 3.84. The summed E-state index contributed by atoms with van der Waals surface area (Å²) < 4.78 is 0. The fourth-order valence-corrected chi connectivity index (χ4v) is 2.47. The highest BCUT2D eigenvalue weighted by atomic mass is 35.5. The molecular weight excluding hydrogens is 272 g/mol. The lowest BCUT2D eigenvalue weighted by Crippen LogP contribution is -2.26. The van der Waals surface area contributed by atoms with Crippen molar-refractivity contribution in [1.82, 2.24) is 10.6 Å². The fraction of sp³-hybridized carbons (Fsp3) is 0.562. The molecule has 1 aliphatic rings. The molecule has 0 spiro atoms. The summed E-state index contributed by atoms with van der Waals surface area (Å²) in [5.41, 5.74) is 2.03. The monoisotopic (exact) mass is 296 g/mol. The molecule has 1 unspecified atom stereocenters. The Labute approximate surface area is 127 Å². The minimum absolute atomic E-state index is 0. The molecule has 2 rings (SSSR count). The van der Waals surface area contributed by atoms with E-state index in [9.17, 15) is 4.79 Å². The van der Waals surface area contributed by atoms with Crippen LogP contribution in [-0.2, 0) is 0 Å². The molecule has 1 atom stereocenters. The fourth-order valence-electron chi connectivity index (χ4n) is 2.47. The van der Waals surface area contributed by atoms with Crippen molar-refractivity contribution in [1.29, 1.82) is 0 Å². The molecule has 2 N–H and O–H groups in total. The number of rotatable bonds is 5. The molecule has 4 heteroatoms. The Kier molecular flexibility index (Phi) is 7.03. The largest absolute Gasteiger partial charge is 0.352 e. The number of hydrogen-bond acceptors (Lipinski definition) is 2. The maximum atomic E-state index is 12.0. The first-order valence-electron chi connectivity index (χ1n) is 7.25. The molecular formula is C16H25ClN2O. The number of hydrogen-bond donors (Lipinski definition) is 2. The Hall–Kier alpha value is -1.06. The van der Waals surface area contributed by atoms with E-state index in [0.717, 1.165) is 37.5 Å². The van der Waals surface area contributed by atoms with Crippen LogP contribution in [0, 0.1) is 5.92 Å². The van der Waals surface area contributed by atoms with E-state index in [1.807, 2.05) is 24.3 Å². The maximum Gasteiger partial charge on any atom is 0.251 e. The lowest BCUT2D eigenvalue weighted by molar-refractivity contribution is 0.0951. The number of benzene rings is 1. The summed E-state index contributed by atoms with van der Waals surface area (Å²) in [6.07, 6.45) is 2.31. The van der Waals surface area contributed by atoms with Crippen molar-refractivity contribution in [3.63, 3.8) is 0 Å². The van der Waals surface area contributed by atoms with Crippen LogP contribution in [0.1, 0.15) is 48.5 Å². The molecule has 1 heterocycles. The molecule has 20 heavy (non-hydrogen) atoms. The molecule has 1 saturated heterocycles. The van der Waals surface area contributed by atoms with Crippen LogP contribution in [0.5, 0.6) is 0 Å². The van der Waals surface area contributed by atoms with Gasteiger partial charge in [0.15, 0.2) is 0 Å². The van der Waals surface area contributed by atoms with Crippen molar-refractivity contribution < 1.29 is 4.79 Å². The zero-order valence-electron chi connectivity index (χ0n) is 12.3. The van der Waals surface area contributed by atoms with E-state index in [1.54, 1.807) is 0 Å². The Balaban J connectivity index is 0.00000200. The van der Waals surface area contributed by atoms with Crippen LogP contribution in [0.25, 0.3) is 0 Å². The molecule has 0 saturated carbocycles. The number of halogens is 1. The predicted octanol–water partition coefficient (Wildman–Crippen LogP) is 2.96. The van der Waals surface area contributed by atoms with Crippen LogP contribution in [-0.4, -0.2) is 25.5 Å². The van der Waals surface area contributed by atoms with E-state index >= 15 is 0 Å². The van der Waals surface area contributed by atoms with Crippen molar-refractivity contribution in [3.8, 4) is 0 Å². The maximum absolute atomic E-state index is 12.0. The van der Waals surface area contributed by atoms with Gasteiger partial charge in [0.2, 0.25) is 0 Å². The molecule has 1 fully saturated rings. The summed E-state index contributed by atoms with van der Waals surface area (Å²) in [7, 11) is 0. The highest BCUT2D eigenvalue weighted by molar-refractivity contribution is 5.94. The van der Waals surface area contributed by atoms with E-state index in [4.69, 9.17) is 0 Å². The van der Waals surface area contributed by atoms with Gasteiger partial charge in [0, 0.05) is 12.1 Å². The number of amides is 1. The molecule has 3 nitrogen and oxygen atoms in total. The van der Waals surface area contributed by atoms with Crippen LogP contribution in [0.3, 0.4) is 0 Å². The van der Waals surface area contributed by atoms with Gasteiger partial charge < -0.3 is 10.6 Å². The van der Waals surface area contributed by atoms with Gasteiger partial charge in [0.05, 0.1) is 0 Å². The number of carbonyl (C=O) groups excluding carboxylic acids is 1. The van der Waals surface area contributed by atoms with E-state index in [2.05, 4.69) is 24.5 Å². The lowest BCUT2D eigenvalue weighted by Gasteiger charge is -2.10. The first kappa shape index (κ1) is 17.0.